The third-order valence-corrected chi connectivity index (χ3v) is 10.9. The van der Waals surface area contributed by atoms with Gasteiger partial charge in [-0.25, -0.2) is 0 Å². The Morgan fingerprint density at radius 2 is 0.789 bits per heavy atom. The molecule has 0 N–H and O–H groups in total. The van der Waals surface area contributed by atoms with Crippen LogP contribution in [0.2, 0.25) is 0 Å². The maximum Gasteiger partial charge on any atom is 0.117 e. The molecule has 188 valence electrons. The van der Waals surface area contributed by atoms with Gasteiger partial charge in [0, 0.05) is 11.1 Å². The second kappa shape index (κ2) is 13.2. The van der Waals surface area contributed by atoms with Crippen molar-refractivity contribution >= 4 is 51.6 Å². The summed E-state index contributed by atoms with van der Waals surface area (Å²) in [5.41, 5.74) is 4.00. The van der Waals surface area contributed by atoms with Gasteiger partial charge in [-0.2, -0.15) is 5.10 Å². The highest BCUT2D eigenvalue weighted by atomic mass is 79.9. The topological polar surface area (TPSA) is 24.7 Å². The van der Waals surface area contributed by atoms with E-state index < -0.39 is 7.26 Å². The quantitative estimate of drug-likeness (QED) is 0.104. The zero-order chi connectivity index (χ0) is 25.3. The number of halogens is 1. The van der Waals surface area contributed by atoms with Gasteiger partial charge in [0.15, 0.2) is 0 Å². The molecule has 5 aromatic carbocycles. The lowest BCUT2D eigenvalue weighted by Crippen LogP contribution is -2.35. The predicted molar refractivity (Wildman–Crippen MR) is 172 cm³/mol. The lowest BCUT2D eigenvalue weighted by atomic mass is 10.0. The van der Waals surface area contributed by atoms with Gasteiger partial charge in [0.1, 0.15) is 35.0 Å². The van der Waals surface area contributed by atoms with Crippen LogP contribution in [0.3, 0.4) is 0 Å². The molecule has 0 atom stereocenters. The van der Waals surface area contributed by atoms with E-state index in [1.54, 1.807) is 0 Å². The monoisotopic (exact) mass is 577 g/mol. The molecule has 0 aliphatic rings. The van der Waals surface area contributed by atoms with Crippen molar-refractivity contribution in [1.82, 2.24) is 0 Å². The average Bonchev–Trinajstić information content (AvgIpc) is 2.98. The fourth-order valence-corrected chi connectivity index (χ4v) is 8.99. The summed E-state index contributed by atoms with van der Waals surface area (Å²) >= 11 is 0. The Bertz CT molecular complexity index is 1330. The van der Waals surface area contributed by atoms with Crippen LogP contribution in [-0.4, -0.2) is 17.6 Å². The van der Waals surface area contributed by atoms with Gasteiger partial charge in [-0.05, 0) is 43.3 Å². The Balaban J connectivity index is 0.00000336. The van der Waals surface area contributed by atoms with Gasteiger partial charge in [0.05, 0.1) is 5.71 Å². The highest BCUT2D eigenvalue weighted by molar-refractivity contribution is 8.93. The zero-order valence-corrected chi connectivity index (χ0v) is 24.0. The fourth-order valence-electron chi connectivity index (χ4n) is 4.75. The van der Waals surface area contributed by atoms with Crippen molar-refractivity contribution in [3.05, 3.63) is 163 Å². The Morgan fingerprint density at radius 1 is 0.474 bits per heavy atom. The summed E-state index contributed by atoms with van der Waals surface area (Å²) in [4.78, 5) is 0. The summed E-state index contributed by atoms with van der Waals surface area (Å²) in [5.74, 6) is 0. The first-order valence-electron chi connectivity index (χ1n) is 12.5. The first kappa shape index (κ1) is 27.4. The molecule has 4 heteroatoms. The first-order valence-corrected chi connectivity index (χ1v) is 14.5. The van der Waals surface area contributed by atoms with Crippen LogP contribution >= 0.6 is 24.2 Å². The molecule has 0 unspecified atom stereocenters. The third kappa shape index (κ3) is 6.07. The van der Waals surface area contributed by atoms with Crippen LogP contribution in [0, 0.1) is 0 Å². The zero-order valence-electron chi connectivity index (χ0n) is 21.4. The van der Waals surface area contributed by atoms with E-state index >= 15 is 0 Å². The molecule has 5 rings (SSSR count). The molecule has 0 saturated carbocycles. The smallest absolute Gasteiger partial charge is 0.117 e. The minimum Gasteiger partial charge on any atom is -0.156 e. The SMILES string of the molecule is Br.C/C(C[P+](c1ccccc1)(c1ccccc1)c1ccccc1)=N\N=C(c1ccccc1)c1ccccc1. The van der Waals surface area contributed by atoms with E-state index in [1.165, 1.54) is 15.9 Å². The molecule has 0 heterocycles. The van der Waals surface area contributed by atoms with E-state index in [-0.39, 0.29) is 17.0 Å². The van der Waals surface area contributed by atoms with E-state index in [4.69, 9.17) is 10.2 Å². The molecule has 0 saturated heterocycles. The van der Waals surface area contributed by atoms with E-state index in [2.05, 4.69) is 122 Å². The van der Waals surface area contributed by atoms with Crippen LogP contribution in [0.1, 0.15) is 18.1 Å². The molecule has 0 aromatic heterocycles. The summed E-state index contributed by atoms with van der Waals surface area (Å²) in [6, 6.07) is 53.3. The maximum absolute atomic E-state index is 4.87. The molecular weight excluding hydrogens is 547 g/mol. The van der Waals surface area contributed by atoms with Crippen LogP contribution in [0.4, 0.5) is 0 Å². The molecule has 0 spiro atoms. The van der Waals surface area contributed by atoms with Crippen molar-refractivity contribution in [3.8, 4) is 0 Å². The Morgan fingerprint density at radius 3 is 1.13 bits per heavy atom. The summed E-state index contributed by atoms with van der Waals surface area (Å²) in [6.07, 6.45) is 0.811. The summed E-state index contributed by atoms with van der Waals surface area (Å²) in [6.45, 7) is 2.11. The minimum absolute atomic E-state index is 0. The molecule has 0 aliphatic heterocycles. The predicted octanol–water partition coefficient (Wildman–Crippen LogP) is 7.47. The summed E-state index contributed by atoms with van der Waals surface area (Å²) in [7, 11) is -2.01. The van der Waals surface area contributed by atoms with Crippen molar-refractivity contribution in [2.75, 3.05) is 6.16 Å². The van der Waals surface area contributed by atoms with Crippen LogP contribution < -0.4 is 15.9 Å². The second-order valence-electron chi connectivity index (χ2n) is 8.99. The van der Waals surface area contributed by atoms with Gasteiger partial charge in [0.2, 0.25) is 0 Å². The molecule has 0 amide bonds. The summed E-state index contributed by atoms with van der Waals surface area (Å²) < 4.78 is 0. The maximum atomic E-state index is 4.87. The fraction of sp³-hybridized carbons (Fsp3) is 0.0588. The van der Waals surface area contributed by atoms with E-state index in [0.29, 0.717) is 0 Å². The largest absolute Gasteiger partial charge is 0.156 e. The Kier molecular flexibility index (Phi) is 9.54. The number of benzene rings is 5. The van der Waals surface area contributed by atoms with Crippen LogP contribution in [-0.2, 0) is 0 Å². The van der Waals surface area contributed by atoms with Crippen molar-refractivity contribution in [3.63, 3.8) is 0 Å². The van der Waals surface area contributed by atoms with E-state index in [9.17, 15) is 0 Å². The standard InChI is InChI=1S/C34H30N2P.BrH/c1-28(35-36-34(29-17-7-2-8-18-29)30-19-9-3-10-20-30)27-37(31-21-11-4-12-22-31,32-23-13-5-14-24-32)33-25-15-6-16-26-33;/h2-26H,27H2,1H3;1H/q+1;/b35-28+;. The third-order valence-electron chi connectivity index (χ3n) is 6.47. The second-order valence-corrected chi connectivity index (χ2v) is 12.5. The van der Waals surface area contributed by atoms with Gasteiger partial charge >= 0.3 is 0 Å². The Labute approximate surface area is 236 Å². The molecule has 0 aliphatic carbocycles. The number of hydrogen-bond donors (Lipinski definition) is 0. The molecule has 0 fully saturated rings. The molecule has 0 radical (unpaired) electrons. The molecule has 38 heavy (non-hydrogen) atoms. The van der Waals surface area contributed by atoms with Crippen LogP contribution in [0.25, 0.3) is 0 Å². The van der Waals surface area contributed by atoms with Crippen molar-refractivity contribution in [2.24, 2.45) is 10.2 Å². The van der Waals surface area contributed by atoms with Crippen molar-refractivity contribution in [2.45, 2.75) is 6.92 Å². The lowest BCUT2D eigenvalue weighted by molar-refractivity contribution is 1.22. The van der Waals surface area contributed by atoms with E-state index in [0.717, 1.165) is 28.7 Å². The average molecular weight is 579 g/mol. The molecular formula is C34H31BrN2P+. The highest BCUT2D eigenvalue weighted by Gasteiger charge is 2.45. The van der Waals surface area contributed by atoms with Crippen LogP contribution in [0.15, 0.2) is 162 Å². The number of hydrogen-bond acceptors (Lipinski definition) is 2. The lowest BCUT2D eigenvalue weighted by Gasteiger charge is -2.27. The van der Waals surface area contributed by atoms with Gasteiger partial charge in [-0.15, -0.1) is 22.1 Å². The number of nitrogens with zero attached hydrogens (tertiary/aromatic N) is 2. The van der Waals surface area contributed by atoms with Crippen molar-refractivity contribution in [1.29, 1.82) is 0 Å². The summed E-state index contributed by atoms with van der Waals surface area (Å²) in [5, 5.41) is 13.8. The van der Waals surface area contributed by atoms with Crippen LogP contribution in [0.5, 0.6) is 0 Å². The minimum atomic E-state index is -2.01. The molecule has 5 aromatic rings. The van der Waals surface area contributed by atoms with Gasteiger partial charge in [-0.1, -0.05) is 115 Å². The number of rotatable bonds is 8. The van der Waals surface area contributed by atoms with Gasteiger partial charge in [-0.3, -0.25) is 0 Å². The first-order chi connectivity index (χ1) is 18.3. The van der Waals surface area contributed by atoms with E-state index in [1.807, 2.05) is 36.4 Å². The molecule has 2 nitrogen and oxygen atoms in total. The normalized spacial score (nSPS) is 11.3. The Hall–Kier alpha value is -3.65. The van der Waals surface area contributed by atoms with Gasteiger partial charge < -0.3 is 0 Å². The van der Waals surface area contributed by atoms with Gasteiger partial charge in [0.25, 0.3) is 0 Å². The molecule has 0 bridgehead atoms. The highest BCUT2D eigenvalue weighted by Crippen LogP contribution is 2.55. The van der Waals surface area contributed by atoms with Crippen molar-refractivity contribution < 1.29 is 0 Å².